The van der Waals surface area contributed by atoms with Gasteiger partial charge in [0.1, 0.15) is 0 Å². The summed E-state index contributed by atoms with van der Waals surface area (Å²) in [6, 6.07) is 9.28. The maximum Gasteiger partial charge on any atom is 0.219 e. The Kier molecular flexibility index (Phi) is 8.58. The number of nitrogens with zero attached hydrogens (tertiary/aromatic N) is 2. The lowest BCUT2D eigenvalue weighted by molar-refractivity contribution is 0.342. The van der Waals surface area contributed by atoms with Crippen LogP contribution in [0.1, 0.15) is 37.7 Å². The highest BCUT2D eigenvalue weighted by atomic mass is 16.5. The third-order valence-electron chi connectivity index (χ3n) is 5.19. The molecule has 0 aliphatic heterocycles. The fraction of sp³-hybridized carbons (Fsp3) is 0.417. The van der Waals surface area contributed by atoms with Gasteiger partial charge in [-0.25, -0.2) is 4.98 Å². The lowest BCUT2D eigenvalue weighted by Gasteiger charge is -2.15. The lowest BCUT2D eigenvalue weighted by Crippen LogP contribution is -2.37. The number of nitrogens with one attached hydrogen (secondary N) is 2. The number of methoxy groups -OCH3 is 2. The van der Waals surface area contributed by atoms with Crippen molar-refractivity contribution in [1.29, 1.82) is 0 Å². The van der Waals surface area contributed by atoms with Gasteiger partial charge in [-0.3, -0.25) is 4.99 Å². The highest BCUT2D eigenvalue weighted by Gasteiger charge is 2.13. The minimum Gasteiger partial charge on any atom is -0.493 e. The van der Waals surface area contributed by atoms with Crippen LogP contribution in [0, 0.1) is 0 Å². The zero-order valence-electron chi connectivity index (χ0n) is 18.6. The van der Waals surface area contributed by atoms with Crippen molar-refractivity contribution in [3.05, 3.63) is 53.7 Å². The van der Waals surface area contributed by atoms with Gasteiger partial charge in [-0.15, -0.1) is 0 Å². The molecule has 0 spiro atoms. The SMILES string of the molecule is CN=C(NCCC1=CCCCC1)NCc1ccc(Oc2c(OC)cccc2OC)nc1. The Balaban J connectivity index is 1.50. The lowest BCUT2D eigenvalue weighted by atomic mass is 9.97. The van der Waals surface area contributed by atoms with Crippen LogP contribution >= 0.6 is 0 Å². The number of rotatable bonds is 9. The van der Waals surface area contributed by atoms with E-state index < -0.39 is 0 Å². The van der Waals surface area contributed by atoms with Crippen LogP contribution in [0.4, 0.5) is 0 Å². The number of pyridine rings is 1. The summed E-state index contributed by atoms with van der Waals surface area (Å²) in [5.41, 5.74) is 2.58. The molecule has 31 heavy (non-hydrogen) atoms. The predicted molar refractivity (Wildman–Crippen MR) is 123 cm³/mol. The van der Waals surface area contributed by atoms with Gasteiger partial charge in [0, 0.05) is 32.4 Å². The van der Waals surface area contributed by atoms with Crippen molar-refractivity contribution in [3.8, 4) is 23.1 Å². The van der Waals surface area contributed by atoms with E-state index in [4.69, 9.17) is 14.2 Å². The highest BCUT2D eigenvalue weighted by molar-refractivity contribution is 5.79. The summed E-state index contributed by atoms with van der Waals surface area (Å²) in [4.78, 5) is 8.71. The fourth-order valence-electron chi connectivity index (χ4n) is 3.48. The van der Waals surface area contributed by atoms with E-state index in [-0.39, 0.29) is 0 Å². The van der Waals surface area contributed by atoms with Crippen LogP contribution in [0.3, 0.4) is 0 Å². The number of hydrogen-bond acceptors (Lipinski definition) is 5. The first-order chi connectivity index (χ1) is 15.2. The van der Waals surface area contributed by atoms with Crippen molar-refractivity contribution in [2.75, 3.05) is 27.8 Å². The first-order valence-corrected chi connectivity index (χ1v) is 10.7. The minimum absolute atomic E-state index is 0.467. The molecule has 0 radical (unpaired) electrons. The molecule has 1 aromatic carbocycles. The predicted octanol–water partition coefficient (Wildman–Crippen LogP) is 4.45. The molecule has 0 saturated heterocycles. The smallest absolute Gasteiger partial charge is 0.219 e. The molecule has 7 nitrogen and oxygen atoms in total. The molecular weight excluding hydrogens is 392 g/mol. The molecule has 0 bridgehead atoms. The fourth-order valence-corrected chi connectivity index (χ4v) is 3.48. The zero-order valence-corrected chi connectivity index (χ0v) is 18.6. The Hall–Kier alpha value is -3.22. The molecular formula is C24H32N4O3. The molecule has 0 amide bonds. The summed E-state index contributed by atoms with van der Waals surface area (Å²) in [5.74, 6) is 2.94. The van der Waals surface area contributed by atoms with Crippen molar-refractivity contribution in [3.63, 3.8) is 0 Å². The zero-order chi connectivity index (χ0) is 21.9. The van der Waals surface area contributed by atoms with Gasteiger partial charge >= 0.3 is 0 Å². The molecule has 1 aliphatic rings. The van der Waals surface area contributed by atoms with Crippen molar-refractivity contribution in [2.45, 2.75) is 38.6 Å². The standard InChI is InChI=1S/C24H32N4O3/c1-25-24(26-15-14-18-8-5-4-6-9-18)28-17-19-12-13-22(27-16-19)31-23-20(29-2)10-7-11-21(23)30-3/h7-8,10-13,16H,4-6,9,14-15,17H2,1-3H3,(H2,25,26,28). The first kappa shape index (κ1) is 22.5. The normalized spacial score (nSPS) is 13.9. The molecule has 7 heteroatoms. The van der Waals surface area contributed by atoms with Crippen LogP contribution in [-0.4, -0.2) is 38.8 Å². The number of aromatic nitrogens is 1. The third-order valence-corrected chi connectivity index (χ3v) is 5.19. The van der Waals surface area contributed by atoms with E-state index in [2.05, 4.69) is 26.7 Å². The molecule has 2 aromatic rings. The van der Waals surface area contributed by atoms with E-state index >= 15 is 0 Å². The Morgan fingerprint density at radius 3 is 2.48 bits per heavy atom. The van der Waals surface area contributed by atoms with Gasteiger partial charge in [0.05, 0.1) is 14.2 Å². The number of hydrogen-bond donors (Lipinski definition) is 2. The van der Waals surface area contributed by atoms with Crippen molar-refractivity contribution >= 4 is 5.96 Å². The second-order valence-corrected chi connectivity index (χ2v) is 7.31. The van der Waals surface area contributed by atoms with Crippen LogP contribution in [0.5, 0.6) is 23.1 Å². The number of para-hydroxylation sites is 1. The average molecular weight is 425 g/mol. The van der Waals surface area contributed by atoms with Gasteiger partial charge in [0.15, 0.2) is 17.5 Å². The van der Waals surface area contributed by atoms with Gasteiger partial charge in [0.2, 0.25) is 11.6 Å². The molecule has 0 atom stereocenters. The van der Waals surface area contributed by atoms with Gasteiger partial charge in [-0.2, -0.15) is 0 Å². The monoisotopic (exact) mass is 424 g/mol. The van der Waals surface area contributed by atoms with E-state index in [0.717, 1.165) is 24.5 Å². The summed E-state index contributed by atoms with van der Waals surface area (Å²) in [7, 11) is 4.97. The number of ether oxygens (including phenoxy) is 3. The van der Waals surface area contributed by atoms with Crippen LogP contribution in [0.2, 0.25) is 0 Å². The van der Waals surface area contributed by atoms with E-state index in [1.165, 1.54) is 25.7 Å². The van der Waals surface area contributed by atoms with Gasteiger partial charge < -0.3 is 24.8 Å². The summed E-state index contributed by atoms with van der Waals surface area (Å²) in [5, 5.41) is 6.71. The molecule has 166 valence electrons. The maximum atomic E-state index is 5.91. The maximum absolute atomic E-state index is 5.91. The van der Waals surface area contributed by atoms with E-state index in [9.17, 15) is 0 Å². The molecule has 3 rings (SSSR count). The highest BCUT2D eigenvalue weighted by Crippen LogP contribution is 2.39. The Morgan fingerprint density at radius 1 is 1.06 bits per heavy atom. The van der Waals surface area contributed by atoms with Crippen LogP contribution in [0.25, 0.3) is 0 Å². The molecule has 0 fully saturated rings. The topological polar surface area (TPSA) is 77.0 Å². The van der Waals surface area contributed by atoms with Crippen LogP contribution in [0.15, 0.2) is 53.2 Å². The van der Waals surface area contributed by atoms with Crippen LogP contribution in [-0.2, 0) is 6.54 Å². The first-order valence-electron chi connectivity index (χ1n) is 10.7. The summed E-state index contributed by atoms with van der Waals surface area (Å²) in [6.45, 7) is 1.50. The van der Waals surface area contributed by atoms with Gasteiger partial charge in [-0.1, -0.05) is 23.8 Å². The molecule has 1 heterocycles. The largest absolute Gasteiger partial charge is 0.493 e. The quantitative estimate of drug-likeness (QED) is 0.352. The van der Waals surface area contributed by atoms with Gasteiger partial charge in [-0.05, 0) is 49.8 Å². The Morgan fingerprint density at radius 2 is 1.87 bits per heavy atom. The average Bonchev–Trinajstić information content (AvgIpc) is 2.83. The van der Waals surface area contributed by atoms with E-state index in [1.807, 2.05) is 30.3 Å². The number of guanidine groups is 1. The molecule has 0 saturated carbocycles. The van der Waals surface area contributed by atoms with Gasteiger partial charge in [0.25, 0.3) is 0 Å². The Bertz CT molecular complexity index is 872. The van der Waals surface area contributed by atoms with Crippen LogP contribution < -0.4 is 24.8 Å². The number of aliphatic imine (C=N–C) groups is 1. The molecule has 1 aliphatic carbocycles. The summed E-state index contributed by atoms with van der Waals surface area (Å²) < 4.78 is 16.6. The Labute approximate surface area is 184 Å². The molecule has 0 unspecified atom stereocenters. The number of allylic oxidation sites excluding steroid dienone is 1. The molecule has 1 aromatic heterocycles. The van der Waals surface area contributed by atoms with Crippen molar-refractivity contribution in [2.24, 2.45) is 4.99 Å². The third kappa shape index (κ3) is 6.64. The molecule has 2 N–H and O–H groups in total. The minimum atomic E-state index is 0.467. The van der Waals surface area contributed by atoms with Crippen molar-refractivity contribution in [1.82, 2.24) is 15.6 Å². The second-order valence-electron chi connectivity index (χ2n) is 7.31. The summed E-state index contributed by atoms with van der Waals surface area (Å²) >= 11 is 0. The van der Waals surface area contributed by atoms with E-state index in [1.54, 1.807) is 33.0 Å². The van der Waals surface area contributed by atoms with E-state index in [0.29, 0.717) is 29.7 Å². The summed E-state index contributed by atoms with van der Waals surface area (Å²) in [6.07, 6.45) is 10.3. The second kappa shape index (κ2) is 11.8. The number of benzene rings is 1. The van der Waals surface area contributed by atoms with Crippen molar-refractivity contribution < 1.29 is 14.2 Å².